The van der Waals surface area contributed by atoms with Gasteiger partial charge in [0.1, 0.15) is 6.23 Å². The summed E-state index contributed by atoms with van der Waals surface area (Å²) in [7, 11) is 0. The van der Waals surface area contributed by atoms with Crippen LogP contribution in [0.1, 0.15) is 78.1 Å². The fourth-order valence-corrected chi connectivity index (χ4v) is 1.74. The van der Waals surface area contributed by atoms with Gasteiger partial charge in [-0.05, 0) is 19.3 Å². The molecule has 18 heavy (non-hydrogen) atoms. The van der Waals surface area contributed by atoms with E-state index in [0.717, 1.165) is 19.3 Å². The molecule has 0 heterocycles. The van der Waals surface area contributed by atoms with Crippen molar-refractivity contribution in [3.05, 3.63) is 0 Å². The molecule has 1 atom stereocenters. The van der Waals surface area contributed by atoms with Crippen molar-refractivity contribution in [2.24, 2.45) is 0 Å². The van der Waals surface area contributed by atoms with Crippen LogP contribution < -0.4 is 5.48 Å². The second-order valence-electron chi connectivity index (χ2n) is 4.77. The molecule has 4 nitrogen and oxygen atoms in total. The lowest BCUT2D eigenvalue weighted by Gasteiger charge is -2.12. The van der Waals surface area contributed by atoms with Crippen LogP contribution >= 0.6 is 0 Å². The van der Waals surface area contributed by atoms with Gasteiger partial charge in [-0.1, -0.05) is 52.4 Å². The molecule has 0 saturated carbocycles. The van der Waals surface area contributed by atoms with E-state index in [4.69, 9.17) is 4.84 Å². The third kappa shape index (κ3) is 11.9. The summed E-state index contributed by atoms with van der Waals surface area (Å²) in [5.41, 5.74) is 2.38. The number of carbonyl (C=O) groups excluding carboxylic acids is 1. The lowest BCUT2D eigenvalue weighted by Crippen LogP contribution is -2.31. The molecule has 0 rings (SSSR count). The number of hydroxylamine groups is 1. The van der Waals surface area contributed by atoms with Gasteiger partial charge in [0.15, 0.2) is 0 Å². The molecule has 1 unspecified atom stereocenters. The lowest BCUT2D eigenvalue weighted by atomic mass is 10.1. The topological polar surface area (TPSA) is 58.6 Å². The van der Waals surface area contributed by atoms with Crippen LogP contribution in [0, 0.1) is 0 Å². The summed E-state index contributed by atoms with van der Waals surface area (Å²) in [5, 5.41) is 9.52. The smallest absolute Gasteiger partial charge is 0.324 e. The van der Waals surface area contributed by atoms with E-state index >= 15 is 0 Å². The Morgan fingerprint density at radius 1 is 1.06 bits per heavy atom. The van der Waals surface area contributed by atoms with E-state index in [1.807, 2.05) is 6.92 Å². The van der Waals surface area contributed by atoms with Gasteiger partial charge in [-0.2, -0.15) is 0 Å². The Hall–Kier alpha value is -0.610. The maximum Gasteiger partial charge on any atom is 0.324 e. The number of carbonyl (C=O) groups is 1. The number of nitrogens with one attached hydrogen (secondary N) is 1. The van der Waals surface area contributed by atoms with Gasteiger partial charge in [0.2, 0.25) is 0 Å². The van der Waals surface area contributed by atoms with Crippen LogP contribution in [0.25, 0.3) is 0 Å². The third-order valence-electron chi connectivity index (χ3n) is 2.84. The molecular weight excluding hydrogens is 230 g/mol. The van der Waals surface area contributed by atoms with Crippen LogP contribution in [-0.4, -0.2) is 17.3 Å². The summed E-state index contributed by atoms with van der Waals surface area (Å²) in [6.45, 7) is 4.12. The number of unbranched alkanes of at least 4 members (excludes halogenated alkanes) is 6. The SMILES string of the molecule is CCCCCCCCCC(O)NOC(=O)CCC. The van der Waals surface area contributed by atoms with Gasteiger partial charge in [0.05, 0.1) is 0 Å². The van der Waals surface area contributed by atoms with E-state index in [-0.39, 0.29) is 5.97 Å². The largest absolute Gasteiger partial charge is 0.375 e. The first-order chi connectivity index (χ1) is 8.70. The molecule has 0 aliphatic heterocycles. The molecule has 0 spiro atoms. The summed E-state index contributed by atoms with van der Waals surface area (Å²) >= 11 is 0. The molecule has 0 aliphatic rings. The zero-order valence-electron chi connectivity index (χ0n) is 11.9. The number of aliphatic hydroxyl groups is 1. The van der Waals surface area contributed by atoms with Crippen LogP contribution in [-0.2, 0) is 9.63 Å². The van der Waals surface area contributed by atoms with Crippen molar-refractivity contribution in [2.75, 3.05) is 0 Å². The van der Waals surface area contributed by atoms with Crippen molar-refractivity contribution in [1.29, 1.82) is 0 Å². The molecule has 2 N–H and O–H groups in total. The zero-order valence-corrected chi connectivity index (χ0v) is 11.9. The minimum atomic E-state index is -0.735. The normalized spacial score (nSPS) is 12.4. The predicted octanol–water partition coefficient (Wildman–Crippen LogP) is 3.29. The van der Waals surface area contributed by atoms with Crippen LogP contribution in [0.15, 0.2) is 0 Å². The molecule has 0 saturated heterocycles. The highest BCUT2D eigenvalue weighted by Crippen LogP contribution is 2.09. The van der Waals surface area contributed by atoms with Gasteiger partial charge in [0.25, 0.3) is 0 Å². The molecule has 0 fully saturated rings. The second-order valence-corrected chi connectivity index (χ2v) is 4.77. The Labute approximate surface area is 111 Å². The molecule has 0 aliphatic carbocycles. The molecule has 0 radical (unpaired) electrons. The molecule has 0 amide bonds. The summed E-state index contributed by atoms with van der Waals surface area (Å²) in [6, 6.07) is 0. The average Bonchev–Trinajstić information content (AvgIpc) is 2.35. The summed E-state index contributed by atoms with van der Waals surface area (Å²) in [4.78, 5) is 15.7. The van der Waals surface area contributed by atoms with Crippen molar-refractivity contribution in [3.8, 4) is 0 Å². The summed E-state index contributed by atoms with van der Waals surface area (Å²) < 4.78 is 0. The molecule has 0 aromatic carbocycles. The van der Waals surface area contributed by atoms with Gasteiger partial charge in [-0.25, -0.2) is 0 Å². The maximum atomic E-state index is 11.0. The van der Waals surface area contributed by atoms with E-state index in [1.165, 1.54) is 32.1 Å². The Morgan fingerprint density at radius 2 is 1.67 bits per heavy atom. The highest BCUT2D eigenvalue weighted by Gasteiger charge is 2.06. The predicted molar refractivity (Wildman–Crippen MR) is 72.8 cm³/mol. The van der Waals surface area contributed by atoms with Crippen LogP contribution in [0.5, 0.6) is 0 Å². The van der Waals surface area contributed by atoms with E-state index in [1.54, 1.807) is 0 Å². The van der Waals surface area contributed by atoms with Crippen LogP contribution in [0.2, 0.25) is 0 Å². The minimum absolute atomic E-state index is 0.309. The van der Waals surface area contributed by atoms with Crippen LogP contribution in [0.3, 0.4) is 0 Å². The standard InChI is InChI=1S/C14H29NO3/c1-3-5-6-7-8-9-10-12-13(16)15-18-14(17)11-4-2/h13,15-16H,3-12H2,1-2H3. The first-order valence-corrected chi connectivity index (χ1v) is 7.34. The average molecular weight is 259 g/mol. The fourth-order valence-electron chi connectivity index (χ4n) is 1.74. The Bertz CT molecular complexity index is 197. The van der Waals surface area contributed by atoms with E-state index in [0.29, 0.717) is 12.8 Å². The Morgan fingerprint density at radius 3 is 2.28 bits per heavy atom. The maximum absolute atomic E-state index is 11.0. The van der Waals surface area contributed by atoms with Crippen LogP contribution in [0.4, 0.5) is 0 Å². The number of aliphatic hydroxyl groups excluding tert-OH is 1. The van der Waals surface area contributed by atoms with Gasteiger partial charge >= 0.3 is 5.97 Å². The molecule has 0 aromatic heterocycles. The molecule has 0 bridgehead atoms. The third-order valence-corrected chi connectivity index (χ3v) is 2.84. The number of rotatable bonds is 12. The van der Waals surface area contributed by atoms with Crippen molar-refractivity contribution in [2.45, 2.75) is 84.3 Å². The van der Waals surface area contributed by atoms with Crippen molar-refractivity contribution >= 4 is 5.97 Å². The van der Waals surface area contributed by atoms with Crippen molar-refractivity contribution in [1.82, 2.24) is 5.48 Å². The van der Waals surface area contributed by atoms with Gasteiger partial charge < -0.3 is 9.94 Å². The summed E-state index contributed by atoms with van der Waals surface area (Å²) in [6.07, 6.45) is 9.54. The quantitative estimate of drug-likeness (QED) is 0.321. The van der Waals surface area contributed by atoms with Crippen molar-refractivity contribution in [3.63, 3.8) is 0 Å². The van der Waals surface area contributed by atoms with E-state index < -0.39 is 6.23 Å². The number of hydrogen-bond acceptors (Lipinski definition) is 4. The second kappa shape index (κ2) is 12.8. The fraction of sp³-hybridized carbons (Fsp3) is 0.929. The first kappa shape index (κ1) is 17.4. The Kier molecular flexibility index (Phi) is 12.4. The van der Waals surface area contributed by atoms with Crippen molar-refractivity contribution < 1.29 is 14.7 Å². The highest BCUT2D eigenvalue weighted by molar-refractivity contribution is 5.68. The van der Waals surface area contributed by atoms with E-state index in [2.05, 4.69) is 12.4 Å². The van der Waals surface area contributed by atoms with Gasteiger partial charge in [-0.15, -0.1) is 5.48 Å². The Balaban J connectivity index is 3.26. The summed E-state index contributed by atoms with van der Waals surface area (Å²) in [5.74, 6) is -0.309. The van der Waals surface area contributed by atoms with Gasteiger partial charge in [-0.3, -0.25) is 4.79 Å². The first-order valence-electron chi connectivity index (χ1n) is 7.34. The molecule has 4 heteroatoms. The minimum Gasteiger partial charge on any atom is -0.375 e. The lowest BCUT2D eigenvalue weighted by molar-refractivity contribution is -0.159. The molecule has 0 aromatic rings. The highest BCUT2D eigenvalue weighted by atomic mass is 16.7. The van der Waals surface area contributed by atoms with E-state index in [9.17, 15) is 9.90 Å². The number of hydrogen-bond donors (Lipinski definition) is 2. The molecular formula is C14H29NO3. The van der Waals surface area contributed by atoms with Gasteiger partial charge in [0, 0.05) is 6.42 Å². The monoisotopic (exact) mass is 259 g/mol. The molecule has 108 valence electrons. The zero-order chi connectivity index (χ0) is 13.6.